The lowest BCUT2D eigenvalue weighted by Crippen LogP contribution is -2.86. The van der Waals surface area contributed by atoms with Crippen molar-refractivity contribution in [3.63, 3.8) is 0 Å². The van der Waals surface area contributed by atoms with Gasteiger partial charge in [0.15, 0.2) is 12.3 Å². The number of nitrogens with zero attached hydrogens (tertiary/aromatic N) is 1. The van der Waals surface area contributed by atoms with Crippen molar-refractivity contribution < 1.29 is 27.7 Å². The van der Waals surface area contributed by atoms with E-state index in [1.54, 1.807) is 12.3 Å². The van der Waals surface area contributed by atoms with E-state index in [2.05, 4.69) is 5.32 Å². The van der Waals surface area contributed by atoms with Crippen molar-refractivity contribution in [2.75, 3.05) is 33.1 Å². The molecule has 2 rings (SSSR count). The first-order valence-electron chi connectivity index (χ1n) is 8.03. The quantitative estimate of drug-likeness (QED) is 0.703. The molecule has 2 aromatic rings. The second kappa shape index (κ2) is 8.35. The summed E-state index contributed by atoms with van der Waals surface area (Å²) in [6.07, 6.45) is 1.58. The lowest BCUT2D eigenvalue weighted by molar-refractivity contribution is -0.684. The normalized spacial score (nSPS) is 12.8. The standard InChI is InChI=1S/C17H23N3O5S/c1-12(15-6-5-9-25-15)18-11-17(21)19-14-10-13(7-8-16(14)24-4)26(22,23)20(2)3/h5-10,12,18H,11H2,1-4H3,(H,19,21)/p+1/t12-/m0/s1. The average molecular weight is 382 g/mol. The van der Waals surface area contributed by atoms with E-state index in [9.17, 15) is 13.2 Å². The van der Waals surface area contributed by atoms with Crippen LogP contribution in [0, 0.1) is 0 Å². The smallest absolute Gasteiger partial charge is 0.279 e. The van der Waals surface area contributed by atoms with Crippen LogP contribution in [-0.4, -0.2) is 46.4 Å². The van der Waals surface area contributed by atoms with Gasteiger partial charge in [-0.05, 0) is 37.3 Å². The number of rotatable bonds is 8. The number of furan rings is 1. The molecule has 0 fully saturated rings. The highest BCUT2D eigenvalue weighted by atomic mass is 32.2. The van der Waals surface area contributed by atoms with Crippen LogP contribution in [0.4, 0.5) is 5.69 Å². The van der Waals surface area contributed by atoms with Crippen LogP contribution in [-0.2, 0) is 14.8 Å². The third-order valence-electron chi connectivity index (χ3n) is 3.87. The van der Waals surface area contributed by atoms with Crippen LogP contribution in [0.25, 0.3) is 0 Å². The number of methoxy groups -OCH3 is 1. The average Bonchev–Trinajstić information content (AvgIpc) is 3.14. The van der Waals surface area contributed by atoms with Gasteiger partial charge in [-0.3, -0.25) is 4.79 Å². The van der Waals surface area contributed by atoms with Gasteiger partial charge in [0.25, 0.3) is 5.91 Å². The van der Waals surface area contributed by atoms with E-state index in [4.69, 9.17) is 9.15 Å². The molecule has 0 radical (unpaired) electrons. The monoisotopic (exact) mass is 382 g/mol. The molecule has 3 N–H and O–H groups in total. The predicted molar refractivity (Wildman–Crippen MR) is 96.4 cm³/mol. The number of carbonyl (C=O) groups excluding carboxylic acids is 1. The number of nitrogens with one attached hydrogen (secondary N) is 1. The van der Waals surface area contributed by atoms with Crippen LogP contribution in [0.1, 0.15) is 18.7 Å². The highest BCUT2D eigenvalue weighted by Gasteiger charge is 2.20. The molecule has 0 saturated heterocycles. The van der Waals surface area contributed by atoms with Crippen LogP contribution in [0.5, 0.6) is 5.75 Å². The summed E-state index contributed by atoms with van der Waals surface area (Å²) in [4.78, 5) is 12.3. The minimum Gasteiger partial charge on any atom is -0.495 e. The molecule has 26 heavy (non-hydrogen) atoms. The number of sulfonamides is 1. The zero-order valence-electron chi connectivity index (χ0n) is 15.2. The summed E-state index contributed by atoms with van der Waals surface area (Å²) in [5, 5.41) is 4.53. The number of ether oxygens (including phenoxy) is 1. The molecule has 1 aromatic heterocycles. The molecule has 1 heterocycles. The predicted octanol–water partition coefficient (Wildman–Crippen LogP) is 0.802. The van der Waals surface area contributed by atoms with E-state index >= 15 is 0 Å². The molecular formula is C17H24N3O5S+. The summed E-state index contributed by atoms with van der Waals surface area (Å²) in [5.74, 6) is 0.880. The molecule has 9 heteroatoms. The van der Waals surface area contributed by atoms with Crippen LogP contribution < -0.4 is 15.4 Å². The maximum atomic E-state index is 12.3. The van der Waals surface area contributed by atoms with E-state index in [1.807, 2.05) is 18.3 Å². The number of benzene rings is 1. The summed E-state index contributed by atoms with van der Waals surface area (Å²) < 4.78 is 36.2. The first-order valence-corrected chi connectivity index (χ1v) is 9.47. The largest absolute Gasteiger partial charge is 0.495 e. The van der Waals surface area contributed by atoms with Crippen molar-refractivity contribution in [3.8, 4) is 5.75 Å². The Labute approximate surface area is 153 Å². The van der Waals surface area contributed by atoms with Gasteiger partial charge in [0.05, 0.1) is 24.0 Å². The van der Waals surface area contributed by atoms with Crippen molar-refractivity contribution in [2.24, 2.45) is 0 Å². The summed E-state index contributed by atoms with van der Waals surface area (Å²) in [7, 11) is 0.740. The molecule has 1 aromatic carbocycles. The number of nitrogens with two attached hydrogens (primary N) is 1. The fourth-order valence-corrected chi connectivity index (χ4v) is 3.24. The molecule has 0 spiro atoms. The van der Waals surface area contributed by atoms with Gasteiger partial charge in [-0.1, -0.05) is 0 Å². The summed E-state index contributed by atoms with van der Waals surface area (Å²) >= 11 is 0. The Morgan fingerprint density at radius 2 is 2.08 bits per heavy atom. The van der Waals surface area contributed by atoms with Crippen LogP contribution in [0.3, 0.4) is 0 Å². The van der Waals surface area contributed by atoms with Crippen molar-refractivity contribution >= 4 is 21.6 Å². The van der Waals surface area contributed by atoms with Gasteiger partial charge in [-0.25, -0.2) is 12.7 Å². The summed E-state index contributed by atoms with van der Waals surface area (Å²) in [6.45, 7) is 2.08. The summed E-state index contributed by atoms with van der Waals surface area (Å²) in [5.41, 5.74) is 0.305. The lowest BCUT2D eigenvalue weighted by Gasteiger charge is -2.15. The Bertz CT molecular complexity index is 847. The second-order valence-electron chi connectivity index (χ2n) is 5.94. The first-order chi connectivity index (χ1) is 12.3. The third-order valence-corrected chi connectivity index (χ3v) is 5.68. The van der Waals surface area contributed by atoms with Crippen LogP contribution in [0.15, 0.2) is 45.9 Å². The number of anilines is 1. The molecule has 1 amide bonds. The Hall–Kier alpha value is -2.36. The topological polar surface area (TPSA) is 105 Å². The molecule has 1 atom stereocenters. The van der Waals surface area contributed by atoms with Gasteiger partial charge in [-0.15, -0.1) is 0 Å². The zero-order valence-corrected chi connectivity index (χ0v) is 16.0. The van der Waals surface area contributed by atoms with Gasteiger partial charge in [-0.2, -0.15) is 0 Å². The highest BCUT2D eigenvalue weighted by molar-refractivity contribution is 7.89. The van der Waals surface area contributed by atoms with Gasteiger partial charge >= 0.3 is 0 Å². The second-order valence-corrected chi connectivity index (χ2v) is 8.09. The SMILES string of the molecule is COc1ccc(S(=O)(=O)N(C)C)cc1NC(=O)C[NH2+][C@@H](C)c1ccco1. The lowest BCUT2D eigenvalue weighted by atomic mass is 10.2. The minimum atomic E-state index is -3.61. The molecular weight excluding hydrogens is 358 g/mol. The zero-order chi connectivity index (χ0) is 19.3. The van der Waals surface area contributed by atoms with E-state index in [0.717, 1.165) is 10.1 Å². The Kier molecular flexibility index (Phi) is 6.41. The highest BCUT2D eigenvalue weighted by Crippen LogP contribution is 2.28. The van der Waals surface area contributed by atoms with Crippen molar-refractivity contribution in [2.45, 2.75) is 17.9 Å². The molecule has 0 aliphatic heterocycles. The van der Waals surface area contributed by atoms with Crippen LogP contribution >= 0.6 is 0 Å². The molecule has 0 bridgehead atoms. The summed E-state index contributed by atoms with van der Waals surface area (Å²) in [6, 6.07) is 7.97. The first kappa shape index (κ1) is 20.0. The van der Waals surface area contributed by atoms with Gasteiger partial charge in [0.1, 0.15) is 11.8 Å². The van der Waals surface area contributed by atoms with Gasteiger partial charge < -0.3 is 19.8 Å². The molecule has 0 aliphatic rings. The fraction of sp³-hybridized carbons (Fsp3) is 0.353. The molecule has 0 unspecified atom stereocenters. The molecule has 0 saturated carbocycles. The number of amides is 1. The van der Waals surface area contributed by atoms with Crippen molar-refractivity contribution in [1.82, 2.24) is 4.31 Å². The van der Waals surface area contributed by atoms with E-state index in [1.165, 1.54) is 39.4 Å². The maximum absolute atomic E-state index is 12.3. The minimum absolute atomic E-state index is 0.0156. The Morgan fingerprint density at radius 1 is 1.35 bits per heavy atom. The fourth-order valence-electron chi connectivity index (χ4n) is 2.31. The molecule has 8 nitrogen and oxygen atoms in total. The van der Waals surface area contributed by atoms with Crippen LogP contribution in [0.2, 0.25) is 0 Å². The number of quaternary nitrogens is 1. The number of hydrogen-bond donors (Lipinski definition) is 2. The number of carbonyl (C=O) groups is 1. The Morgan fingerprint density at radius 3 is 2.65 bits per heavy atom. The number of hydrogen-bond acceptors (Lipinski definition) is 5. The molecule has 142 valence electrons. The van der Waals surface area contributed by atoms with E-state index < -0.39 is 10.0 Å². The van der Waals surface area contributed by atoms with Crippen molar-refractivity contribution in [3.05, 3.63) is 42.4 Å². The van der Waals surface area contributed by atoms with E-state index in [-0.39, 0.29) is 23.4 Å². The molecule has 0 aliphatic carbocycles. The third kappa shape index (κ3) is 4.63. The van der Waals surface area contributed by atoms with Crippen molar-refractivity contribution in [1.29, 1.82) is 0 Å². The maximum Gasteiger partial charge on any atom is 0.279 e. The van der Waals surface area contributed by atoms with Gasteiger partial charge in [0.2, 0.25) is 10.0 Å². The van der Waals surface area contributed by atoms with E-state index in [0.29, 0.717) is 11.4 Å². The Balaban J connectivity index is 2.10. The van der Waals surface area contributed by atoms with Gasteiger partial charge in [0, 0.05) is 14.1 Å².